The molecule has 3 nitrogen and oxygen atoms in total. The highest BCUT2D eigenvalue weighted by Gasteiger charge is 2.35. The number of nitrogen functional groups attached to an aromatic ring is 1. The Kier molecular flexibility index (Phi) is 3.32. The SMILES string of the molecule is NCc1nc(C(F)F)c(N)cc1C(F)(F)F. The summed E-state index contributed by atoms with van der Waals surface area (Å²) in [4.78, 5) is 3.14. The van der Waals surface area contributed by atoms with E-state index in [0.29, 0.717) is 6.07 Å². The maximum absolute atomic E-state index is 12.4. The lowest BCUT2D eigenvalue weighted by atomic mass is 10.1. The molecular formula is C8H8F5N3. The molecule has 16 heavy (non-hydrogen) atoms. The largest absolute Gasteiger partial charge is 0.418 e. The van der Waals surface area contributed by atoms with Crippen LogP contribution in [0.1, 0.15) is 23.4 Å². The third kappa shape index (κ3) is 2.38. The number of alkyl halides is 5. The molecule has 0 aliphatic heterocycles. The molecule has 0 saturated carbocycles. The van der Waals surface area contributed by atoms with E-state index in [2.05, 4.69) is 4.98 Å². The molecule has 0 fully saturated rings. The number of hydrogen-bond donors (Lipinski definition) is 2. The van der Waals surface area contributed by atoms with Gasteiger partial charge in [0.25, 0.3) is 6.43 Å². The van der Waals surface area contributed by atoms with Crippen LogP contribution in [-0.4, -0.2) is 4.98 Å². The molecule has 90 valence electrons. The van der Waals surface area contributed by atoms with E-state index in [1.807, 2.05) is 0 Å². The van der Waals surface area contributed by atoms with Gasteiger partial charge in [-0.1, -0.05) is 0 Å². The molecule has 4 N–H and O–H groups in total. The zero-order valence-electron chi connectivity index (χ0n) is 7.85. The average molecular weight is 241 g/mol. The molecule has 1 heterocycles. The Morgan fingerprint density at radius 1 is 1.31 bits per heavy atom. The molecule has 1 aromatic rings. The predicted octanol–water partition coefficient (Wildman–Crippen LogP) is 2.08. The lowest BCUT2D eigenvalue weighted by Gasteiger charge is -2.14. The molecule has 0 aliphatic carbocycles. The Morgan fingerprint density at radius 2 is 1.88 bits per heavy atom. The summed E-state index contributed by atoms with van der Waals surface area (Å²) in [5.41, 5.74) is 6.68. The van der Waals surface area contributed by atoms with E-state index in [-0.39, 0.29) is 0 Å². The van der Waals surface area contributed by atoms with Gasteiger partial charge in [-0.25, -0.2) is 13.8 Å². The van der Waals surface area contributed by atoms with Crippen LogP contribution in [0.2, 0.25) is 0 Å². The van der Waals surface area contributed by atoms with Crippen molar-refractivity contribution in [3.8, 4) is 0 Å². The van der Waals surface area contributed by atoms with E-state index in [4.69, 9.17) is 11.5 Å². The summed E-state index contributed by atoms with van der Waals surface area (Å²) in [6, 6.07) is 0.427. The number of halogens is 5. The van der Waals surface area contributed by atoms with Gasteiger partial charge in [0.1, 0.15) is 5.69 Å². The van der Waals surface area contributed by atoms with Crippen LogP contribution in [-0.2, 0) is 12.7 Å². The average Bonchev–Trinajstić information content (AvgIpc) is 2.15. The van der Waals surface area contributed by atoms with Crippen LogP contribution in [0.4, 0.5) is 27.6 Å². The van der Waals surface area contributed by atoms with Gasteiger partial charge in [0.05, 0.1) is 16.9 Å². The minimum atomic E-state index is -4.71. The van der Waals surface area contributed by atoms with Gasteiger partial charge >= 0.3 is 6.18 Å². The van der Waals surface area contributed by atoms with Gasteiger partial charge in [-0.15, -0.1) is 0 Å². The number of pyridine rings is 1. The van der Waals surface area contributed by atoms with Gasteiger partial charge in [0.15, 0.2) is 0 Å². The minimum Gasteiger partial charge on any atom is -0.397 e. The second-order valence-electron chi connectivity index (χ2n) is 2.96. The van der Waals surface area contributed by atoms with Gasteiger partial charge in [-0.05, 0) is 6.07 Å². The molecule has 0 atom stereocenters. The number of nitrogens with zero attached hydrogens (tertiary/aromatic N) is 1. The van der Waals surface area contributed by atoms with Crippen molar-refractivity contribution < 1.29 is 22.0 Å². The van der Waals surface area contributed by atoms with Crippen LogP contribution >= 0.6 is 0 Å². The lowest BCUT2D eigenvalue weighted by molar-refractivity contribution is -0.138. The Bertz CT molecular complexity index is 388. The summed E-state index contributed by atoms with van der Waals surface area (Å²) in [6.07, 6.45) is -7.75. The number of nitrogens with two attached hydrogens (primary N) is 2. The van der Waals surface area contributed by atoms with Gasteiger partial charge in [0, 0.05) is 6.54 Å². The van der Waals surface area contributed by atoms with Crippen molar-refractivity contribution in [1.29, 1.82) is 0 Å². The quantitative estimate of drug-likeness (QED) is 0.779. The first-order valence-electron chi connectivity index (χ1n) is 4.12. The normalized spacial score (nSPS) is 12.2. The molecule has 8 heteroatoms. The van der Waals surface area contributed by atoms with Crippen LogP contribution in [0.5, 0.6) is 0 Å². The fourth-order valence-corrected chi connectivity index (χ4v) is 1.16. The highest BCUT2D eigenvalue weighted by Crippen LogP contribution is 2.35. The third-order valence-corrected chi connectivity index (χ3v) is 1.87. The van der Waals surface area contributed by atoms with Crippen LogP contribution in [0.25, 0.3) is 0 Å². The molecule has 0 bridgehead atoms. The number of aromatic nitrogens is 1. The maximum Gasteiger partial charge on any atom is 0.418 e. The predicted molar refractivity (Wildman–Crippen MR) is 46.5 cm³/mol. The molecule has 0 aliphatic rings. The number of anilines is 1. The molecule has 0 amide bonds. The highest BCUT2D eigenvalue weighted by molar-refractivity contribution is 5.48. The van der Waals surface area contributed by atoms with Gasteiger partial charge in [0.2, 0.25) is 0 Å². The molecule has 1 aromatic heterocycles. The van der Waals surface area contributed by atoms with Crippen LogP contribution in [0, 0.1) is 0 Å². The van der Waals surface area contributed by atoms with Crippen LogP contribution in [0.3, 0.4) is 0 Å². The second kappa shape index (κ2) is 4.20. The summed E-state index contributed by atoms with van der Waals surface area (Å²) >= 11 is 0. The lowest BCUT2D eigenvalue weighted by Crippen LogP contribution is -2.16. The van der Waals surface area contributed by atoms with E-state index in [1.54, 1.807) is 0 Å². The number of rotatable bonds is 2. The molecule has 0 radical (unpaired) electrons. The molecule has 0 unspecified atom stereocenters. The maximum atomic E-state index is 12.4. The standard InChI is InChI=1S/C8H8F5N3/c9-7(10)6-4(15)1-3(8(11,12)13)5(2-14)16-6/h1,7H,2,14-15H2. The van der Waals surface area contributed by atoms with Gasteiger partial charge < -0.3 is 11.5 Å². The summed E-state index contributed by atoms with van der Waals surface area (Å²) in [6.45, 7) is -0.588. The van der Waals surface area contributed by atoms with Crippen LogP contribution < -0.4 is 11.5 Å². The highest BCUT2D eigenvalue weighted by atomic mass is 19.4. The topological polar surface area (TPSA) is 64.9 Å². The third-order valence-electron chi connectivity index (χ3n) is 1.87. The summed E-state index contributed by atoms with van der Waals surface area (Å²) in [7, 11) is 0. The van der Waals surface area contributed by atoms with Crippen molar-refractivity contribution in [3.05, 3.63) is 23.0 Å². The number of hydrogen-bond acceptors (Lipinski definition) is 3. The molecule has 0 aromatic carbocycles. The first-order chi connectivity index (χ1) is 7.27. The molecule has 0 saturated heterocycles. The molecular weight excluding hydrogens is 233 g/mol. The van der Waals surface area contributed by atoms with E-state index < -0.39 is 41.8 Å². The summed E-state index contributed by atoms with van der Waals surface area (Å²) < 4.78 is 61.8. The van der Waals surface area contributed by atoms with Crippen molar-refractivity contribution in [2.75, 3.05) is 5.73 Å². The van der Waals surface area contributed by atoms with Crippen molar-refractivity contribution in [2.24, 2.45) is 5.73 Å². The van der Waals surface area contributed by atoms with E-state index in [0.717, 1.165) is 0 Å². The van der Waals surface area contributed by atoms with Crippen molar-refractivity contribution >= 4 is 5.69 Å². The Labute approximate surface area is 87.3 Å². The first kappa shape index (κ1) is 12.6. The van der Waals surface area contributed by atoms with Crippen molar-refractivity contribution in [2.45, 2.75) is 19.1 Å². The van der Waals surface area contributed by atoms with E-state index in [1.165, 1.54) is 0 Å². The fourth-order valence-electron chi connectivity index (χ4n) is 1.16. The first-order valence-corrected chi connectivity index (χ1v) is 4.12. The van der Waals surface area contributed by atoms with Crippen molar-refractivity contribution in [1.82, 2.24) is 4.98 Å². The molecule has 0 spiro atoms. The Balaban J connectivity index is 3.38. The second-order valence-corrected chi connectivity index (χ2v) is 2.96. The Hall–Kier alpha value is -1.44. The Morgan fingerprint density at radius 3 is 2.25 bits per heavy atom. The summed E-state index contributed by atoms with van der Waals surface area (Å²) in [5, 5.41) is 0. The van der Waals surface area contributed by atoms with Crippen LogP contribution in [0.15, 0.2) is 6.07 Å². The van der Waals surface area contributed by atoms with E-state index >= 15 is 0 Å². The minimum absolute atomic E-state index is 0.427. The fraction of sp³-hybridized carbons (Fsp3) is 0.375. The molecule has 1 rings (SSSR count). The smallest absolute Gasteiger partial charge is 0.397 e. The van der Waals surface area contributed by atoms with Gasteiger partial charge in [-0.3, -0.25) is 0 Å². The van der Waals surface area contributed by atoms with Gasteiger partial charge in [-0.2, -0.15) is 13.2 Å². The van der Waals surface area contributed by atoms with E-state index in [9.17, 15) is 22.0 Å². The zero-order chi connectivity index (χ0) is 12.5. The summed E-state index contributed by atoms with van der Waals surface area (Å²) in [5.74, 6) is 0. The van der Waals surface area contributed by atoms with Crippen molar-refractivity contribution in [3.63, 3.8) is 0 Å². The monoisotopic (exact) mass is 241 g/mol. The zero-order valence-corrected chi connectivity index (χ0v) is 7.85.